The van der Waals surface area contributed by atoms with Gasteiger partial charge < -0.3 is 15.8 Å². The Bertz CT molecular complexity index is 501. The lowest BCUT2D eigenvalue weighted by molar-refractivity contribution is -0.129. The summed E-state index contributed by atoms with van der Waals surface area (Å²) in [6.45, 7) is 1.70. The second-order valence-electron chi connectivity index (χ2n) is 4.17. The van der Waals surface area contributed by atoms with Crippen LogP contribution >= 0.6 is 0 Å². The number of hydrogen-bond acceptors (Lipinski definition) is 4. The third-order valence-corrected chi connectivity index (χ3v) is 2.49. The highest BCUT2D eigenvalue weighted by atomic mass is 16.5. The number of benzene rings is 2. The fraction of sp³-hybridized carbons (Fsp3) is 0.188. The van der Waals surface area contributed by atoms with Crippen LogP contribution in [0.25, 0.3) is 0 Å². The predicted molar refractivity (Wildman–Crippen MR) is 80.9 cm³/mol. The van der Waals surface area contributed by atoms with E-state index >= 15 is 0 Å². The van der Waals surface area contributed by atoms with Gasteiger partial charge in [-0.1, -0.05) is 42.5 Å². The van der Waals surface area contributed by atoms with Gasteiger partial charge >= 0.3 is 0 Å². The quantitative estimate of drug-likeness (QED) is 0.648. The van der Waals surface area contributed by atoms with E-state index in [0.717, 1.165) is 17.8 Å². The Morgan fingerprint density at radius 1 is 1.10 bits per heavy atom. The monoisotopic (exact) mass is 272 g/mol. The molecule has 0 saturated heterocycles. The molecule has 0 fully saturated rings. The first kappa shape index (κ1) is 15.7. The summed E-state index contributed by atoms with van der Waals surface area (Å²) in [6.07, 6.45) is 0. The predicted octanol–water partition coefficient (Wildman–Crippen LogP) is 2.35. The van der Waals surface area contributed by atoms with Gasteiger partial charge in [0.05, 0.1) is 0 Å². The normalized spacial score (nSPS) is 9.25. The molecule has 0 heterocycles. The zero-order valence-corrected chi connectivity index (χ0v) is 11.6. The SMILES string of the molecule is CNCc1cccc(N)c1.O=COCc1ccccc1. The molecule has 4 nitrogen and oxygen atoms in total. The summed E-state index contributed by atoms with van der Waals surface area (Å²) >= 11 is 0. The number of anilines is 1. The van der Waals surface area contributed by atoms with Gasteiger partial charge in [0, 0.05) is 12.2 Å². The summed E-state index contributed by atoms with van der Waals surface area (Å²) in [5.41, 5.74) is 8.62. The van der Waals surface area contributed by atoms with Crippen molar-refractivity contribution in [3.8, 4) is 0 Å². The van der Waals surface area contributed by atoms with Crippen molar-refractivity contribution in [2.24, 2.45) is 0 Å². The fourth-order valence-corrected chi connectivity index (χ4v) is 1.61. The molecule has 0 aliphatic heterocycles. The minimum absolute atomic E-state index is 0.365. The third kappa shape index (κ3) is 6.56. The maximum Gasteiger partial charge on any atom is 0.293 e. The van der Waals surface area contributed by atoms with Crippen LogP contribution in [0.1, 0.15) is 11.1 Å². The Morgan fingerprint density at radius 2 is 1.80 bits per heavy atom. The Kier molecular flexibility index (Phi) is 7.53. The molecule has 0 radical (unpaired) electrons. The van der Waals surface area contributed by atoms with E-state index in [1.165, 1.54) is 5.56 Å². The van der Waals surface area contributed by atoms with Crippen molar-refractivity contribution in [3.05, 3.63) is 65.7 Å². The van der Waals surface area contributed by atoms with E-state index in [4.69, 9.17) is 5.73 Å². The van der Waals surface area contributed by atoms with Gasteiger partial charge in [-0.15, -0.1) is 0 Å². The molecule has 20 heavy (non-hydrogen) atoms. The summed E-state index contributed by atoms with van der Waals surface area (Å²) in [5.74, 6) is 0. The summed E-state index contributed by atoms with van der Waals surface area (Å²) in [4.78, 5) is 9.76. The zero-order valence-electron chi connectivity index (χ0n) is 11.6. The van der Waals surface area contributed by atoms with Gasteiger partial charge in [-0.25, -0.2) is 0 Å². The van der Waals surface area contributed by atoms with Crippen molar-refractivity contribution in [3.63, 3.8) is 0 Å². The lowest BCUT2D eigenvalue weighted by atomic mass is 10.2. The highest BCUT2D eigenvalue weighted by Crippen LogP contribution is 2.05. The third-order valence-electron chi connectivity index (χ3n) is 2.49. The van der Waals surface area contributed by atoms with Crippen molar-refractivity contribution in [2.75, 3.05) is 12.8 Å². The molecule has 0 spiro atoms. The van der Waals surface area contributed by atoms with Gasteiger partial charge in [0.2, 0.25) is 0 Å². The van der Waals surface area contributed by atoms with Crippen LogP contribution < -0.4 is 11.1 Å². The molecule has 0 unspecified atom stereocenters. The molecule has 0 aliphatic rings. The summed E-state index contributed by atoms with van der Waals surface area (Å²) in [7, 11) is 1.92. The van der Waals surface area contributed by atoms with Gasteiger partial charge in [0.15, 0.2) is 0 Å². The lowest BCUT2D eigenvalue weighted by Gasteiger charge is -1.99. The zero-order chi connectivity index (χ0) is 14.6. The van der Waals surface area contributed by atoms with Crippen LogP contribution in [-0.4, -0.2) is 13.5 Å². The largest absolute Gasteiger partial charge is 0.463 e. The number of nitrogens with two attached hydrogens (primary N) is 1. The van der Waals surface area contributed by atoms with E-state index in [1.807, 2.05) is 61.6 Å². The molecule has 0 aromatic heterocycles. The first-order chi connectivity index (χ1) is 9.76. The molecule has 106 valence electrons. The average Bonchev–Trinajstić information content (AvgIpc) is 2.47. The molecule has 2 aromatic rings. The number of nitrogens with one attached hydrogen (secondary N) is 1. The van der Waals surface area contributed by atoms with Crippen LogP contribution in [0.3, 0.4) is 0 Å². The van der Waals surface area contributed by atoms with Gasteiger partial charge in [-0.2, -0.15) is 0 Å². The average molecular weight is 272 g/mol. The maximum absolute atomic E-state index is 9.76. The van der Waals surface area contributed by atoms with E-state index in [1.54, 1.807) is 0 Å². The first-order valence-electron chi connectivity index (χ1n) is 6.34. The van der Waals surface area contributed by atoms with Crippen molar-refractivity contribution in [1.82, 2.24) is 5.32 Å². The second-order valence-corrected chi connectivity index (χ2v) is 4.17. The molecule has 0 atom stereocenters. The fourth-order valence-electron chi connectivity index (χ4n) is 1.61. The van der Waals surface area contributed by atoms with Crippen LogP contribution in [0.5, 0.6) is 0 Å². The van der Waals surface area contributed by atoms with Crippen molar-refractivity contribution >= 4 is 12.2 Å². The minimum atomic E-state index is 0.365. The molecule has 2 rings (SSSR count). The molecular weight excluding hydrogens is 252 g/mol. The number of ether oxygens (including phenoxy) is 1. The smallest absolute Gasteiger partial charge is 0.293 e. The van der Waals surface area contributed by atoms with Gasteiger partial charge in [0.1, 0.15) is 6.61 Å². The van der Waals surface area contributed by atoms with Crippen molar-refractivity contribution in [2.45, 2.75) is 13.2 Å². The van der Waals surface area contributed by atoms with Gasteiger partial charge in [0.25, 0.3) is 6.47 Å². The van der Waals surface area contributed by atoms with Gasteiger partial charge in [-0.05, 0) is 30.3 Å². The summed E-state index contributed by atoms with van der Waals surface area (Å²) in [5, 5.41) is 3.06. The molecule has 0 saturated carbocycles. The number of hydrogen-bond donors (Lipinski definition) is 2. The molecule has 0 bridgehead atoms. The summed E-state index contributed by atoms with van der Waals surface area (Å²) in [6, 6.07) is 17.4. The summed E-state index contributed by atoms with van der Waals surface area (Å²) < 4.78 is 4.54. The second kappa shape index (κ2) is 9.58. The number of nitrogen functional groups attached to an aromatic ring is 1. The number of rotatable bonds is 5. The molecule has 0 aliphatic carbocycles. The molecular formula is C16H20N2O2. The van der Waals surface area contributed by atoms with Crippen molar-refractivity contribution < 1.29 is 9.53 Å². The van der Waals surface area contributed by atoms with E-state index in [2.05, 4.69) is 10.1 Å². The topological polar surface area (TPSA) is 64.3 Å². The lowest BCUT2D eigenvalue weighted by Crippen LogP contribution is -2.04. The van der Waals surface area contributed by atoms with E-state index in [9.17, 15) is 4.79 Å². The standard InChI is InChI=1S/C8H12N2.C8H8O2/c1-10-6-7-3-2-4-8(9)5-7;9-7-10-6-8-4-2-1-3-5-8/h2-5,10H,6,9H2,1H3;1-5,7H,6H2. The molecule has 4 heteroatoms. The van der Waals surface area contributed by atoms with Crippen LogP contribution in [0.15, 0.2) is 54.6 Å². The van der Waals surface area contributed by atoms with Crippen LogP contribution in [0.2, 0.25) is 0 Å². The van der Waals surface area contributed by atoms with Crippen LogP contribution in [0, 0.1) is 0 Å². The minimum Gasteiger partial charge on any atom is -0.463 e. The van der Waals surface area contributed by atoms with Crippen LogP contribution in [0.4, 0.5) is 5.69 Å². The van der Waals surface area contributed by atoms with Crippen molar-refractivity contribution in [1.29, 1.82) is 0 Å². The van der Waals surface area contributed by atoms with E-state index in [0.29, 0.717) is 13.1 Å². The number of carbonyl (C=O) groups is 1. The van der Waals surface area contributed by atoms with Crippen LogP contribution in [-0.2, 0) is 22.7 Å². The Labute approximate surface area is 119 Å². The Hall–Kier alpha value is -2.33. The van der Waals surface area contributed by atoms with Gasteiger partial charge in [-0.3, -0.25) is 4.79 Å². The van der Waals surface area contributed by atoms with E-state index < -0.39 is 0 Å². The maximum atomic E-state index is 9.76. The Morgan fingerprint density at radius 3 is 2.40 bits per heavy atom. The van der Waals surface area contributed by atoms with E-state index in [-0.39, 0.29) is 0 Å². The highest BCUT2D eigenvalue weighted by Gasteiger charge is 1.89. The Balaban J connectivity index is 0.000000200. The first-order valence-corrected chi connectivity index (χ1v) is 6.34. The highest BCUT2D eigenvalue weighted by molar-refractivity contribution is 5.40. The number of carbonyl (C=O) groups excluding carboxylic acids is 1. The molecule has 0 amide bonds. The molecule has 2 aromatic carbocycles. The molecule has 3 N–H and O–H groups in total.